The summed E-state index contributed by atoms with van der Waals surface area (Å²) in [4.78, 5) is 13.9. The van der Waals surface area contributed by atoms with Crippen molar-refractivity contribution >= 4 is 23.3 Å². The van der Waals surface area contributed by atoms with Gasteiger partial charge in [0.25, 0.3) is 0 Å². The van der Waals surface area contributed by atoms with Crippen molar-refractivity contribution < 1.29 is 14.6 Å². The molecule has 2 N–H and O–H groups in total. The largest absolute Gasteiger partial charge is 0.444 e. The maximum absolute atomic E-state index is 11.5. The SMILES string of the molecule is CC(C)(C)OC(=O)NCC(=S)N1CC=CC1CO. The van der Waals surface area contributed by atoms with E-state index in [-0.39, 0.29) is 19.2 Å². The molecule has 1 rings (SSSR count). The van der Waals surface area contributed by atoms with Gasteiger partial charge in [-0.2, -0.15) is 0 Å². The average Bonchev–Trinajstić information content (AvgIpc) is 2.71. The Kier molecular flexibility index (Phi) is 5.10. The molecule has 102 valence electrons. The van der Waals surface area contributed by atoms with Crippen LogP contribution in [0.1, 0.15) is 20.8 Å². The van der Waals surface area contributed by atoms with E-state index in [0.717, 1.165) is 0 Å². The summed E-state index contributed by atoms with van der Waals surface area (Å²) in [5.74, 6) is 0. The van der Waals surface area contributed by atoms with Crippen LogP contribution >= 0.6 is 12.2 Å². The normalized spacial score (nSPS) is 18.9. The van der Waals surface area contributed by atoms with E-state index in [9.17, 15) is 4.79 Å². The first kappa shape index (κ1) is 14.9. The number of carbonyl (C=O) groups is 1. The zero-order valence-electron chi connectivity index (χ0n) is 11.0. The molecule has 0 saturated heterocycles. The van der Waals surface area contributed by atoms with Crippen molar-refractivity contribution in [2.24, 2.45) is 0 Å². The zero-order chi connectivity index (χ0) is 13.8. The smallest absolute Gasteiger partial charge is 0.408 e. The number of hydrogen-bond donors (Lipinski definition) is 2. The van der Waals surface area contributed by atoms with Gasteiger partial charge in [0.15, 0.2) is 0 Å². The molecule has 1 atom stereocenters. The Labute approximate surface area is 113 Å². The van der Waals surface area contributed by atoms with Crippen LogP contribution < -0.4 is 5.32 Å². The third-order valence-electron chi connectivity index (χ3n) is 2.35. The van der Waals surface area contributed by atoms with Gasteiger partial charge in [-0.3, -0.25) is 0 Å². The summed E-state index contributed by atoms with van der Waals surface area (Å²) in [7, 11) is 0. The summed E-state index contributed by atoms with van der Waals surface area (Å²) >= 11 is 5.22. The molecule has 5 nitrogen and oxygen atoms in total. The zero-order valence-corrected chi connectivity index (χ0v) is 11.8. The van der Waals surface area contributed by atoms with Crippen molar-refractivity contribution in [1.82, 2.24) is 10.2 Å². The first-order valence-corrected chi connectivity index (χ1v) is 6.28. The van der Waals surface area contributed by atoms with E-state index in [0.29, 0.717) is 11.5 Å². The van der Waals surface area contributed by atoms with Gasteiger partial charge in [0, 0.05) is 6.54 Å². The quantitative estimate of drug-likeness (QED) is 0.594. The Morgan fingerprint density at radius 3 is 2.83 bits per heavy atom. The van der Waals surface area contributed by atoms with Crippen molar-refractivity contribution in [3.8, 4) is 0 Å². The molecule has 0 bridgehead atoms. The molecule has 0 aliphatic carbocycles. The molecule has 0 fully saturated rings. The second-order valence-corrected chi connectivity index (χ2v) is 5.55. The van der Waals surface area contributed by atoms with Crippen molar-refractivity contribution in [2.45, 2.75) is 32.4 Å². The van der Waals surface area contributed by atoms with Crippen LogP contribution in [0.3, 0.4) is 0 Å². The highest BCUT2D eigenvalue weighted by Gasteiger charge is 2.22. The number of aliphatic hydroxyl groups is 1. The molecule has 1 heterocycles. The fourth-order valence-corrected chi connectivity index (χ4v) is 1.86. The fraction of sp³-hybridized carbons (Fsp3) is 0.667. The van der Waals surface area contributed by atoms with Crippen LogP contribution in [0, 0.1) is 0 Å². The van der Waals surface area contributed by atoms with E-state index in [1.165, 1.54) is 0 Å². The highest BCUT2D eigenvalue weighted by atomic mass is 32.1. The first-order chi connectivity index (χ1) is 8.33. The monoisotopic (exact) mass is 272 g/mol. The van der Waals surface area contributed by atoms with Gasteiger partial charge in [-0.05, 0) is 20.8 Å². The molecule has 0 aromatic rings. The number of aliphatic hydroxyl groups excluding tert-OH is 1. The van der Waals surface area contributed by atoms with Crippen molar-refractivity contribution in [2.75, 3.05) is 19.7 Å². The van der Waals surface area contributed by atoms with E-state index < -0.39 is 11.7 Å². The summed E-state index contributed by atoms with van der Waals surface area (Å²) in [5, 5.41) is 11.8. The molecular weight excluding hydrogens is 252 g/mol. The maximum Gasteiger partial charge on any atom is 0.408 e. The molecule has 0 spiro atoms. The van der Waals surface area contributed by atoms with Crippen LogP contribution in [0.4, 0.5) is 4.79 Å². The molecule has 0 aromatic heterocycles. The lowest BCUT2D eigenvalue weighted by Crippen LogP contribution is -2.44. The van der Waals surface area contributed by atoms with Gasteiger partial charge in [-0.15, -0.1) is 0 Å². The second kappa shape index (κ2) is 6.15. The predicted molar refractivity (Wildman–Crippen MR) is 73.6 cm³/mol. The van der Waals surface area contributed by atoms with Crippen molar-refractivity contribution in [3.63, 3.8) is 0 Å². The molecule has 0 radical (unpaired) electrons. The molecule has 1 aliphatic rings. The Bertz CT molecular complexity index is 350. The van der Waals surface area contributed by atoms with E-state index in [1.54, 1.807) is 20.8 Å². The molecule has 6 heteroatoms. The highest BCUT2D eigenvalue weighted by Crippen LogP contribution is 2.10. The van der Waals surface area contributed by atoms with Crippen LogP contribution in [0.25, 0.3) is 0 Å². The van der Waals surface area contributed by atoms with Crippen LogP contribution in [0.15, 0.2) is 12.2 Å². The lowest BCUT2D eigenvalue weighted by Gasteiger charge is -2.26. The minimum Gasteiger partial charge on any atom is -0.444 e. The van der Waals surface area contributed by atoms with E-state index in [2.05, 4.69) is 5.32 Å². The predicted octanol–water partition coefficient (Wildman–Crippen LogP) is 1.07. The third-order valence-corrected chi connectivity index (χ3v) is 2.73. The van der Waals surface area contributed by atoms with Crippen molar-refractivity contribution in [3.05, 3.63) is 12.2 Å². The number of alkyl carbamates (subject to hydrolysis) is 1. The average molecular weight is 272 g/mol. The minimum absolute atomic E-state index is 0.0169. The van der Waals surface area contributed by atoms with Gasteiger partial charge in [0.05, 0.1) is 24.2 Å². The van der Waals surface area contributed by atoms with Gasteiger partial charge in [0.2, 0.25) is 0 Å². The minimum atomic E-state index is -0.519. The van der Waals surface area contributed by atoms with Gasteiger partial charge < -0.3 is 20.1 Å². The molecule has 0 saturated carbocycles. The first-order valence-electron chi connectivity index (χ1n) is 5.87. The maximum atomic E-state index is 11.5. The lowest BCUT2D eigenvalue weighted by atomic mass is 10.2. The number of ether oxygens (including phenoxy) is 1. The van der Waals surface area contributed by atoms with E-state index in [1.807, 2.05) is 17.1 Å². The number of nitrogens with zero attached hydrogens (tertiary/aromatic N) is 1. The molecule has 18 heavy (non-hydrogen) atoms. The van der Waals surface area contributed by atoms with Crippen molar-refractivity contribution in [1.29, 1.82) is 0 Å². The topological polar surface area (TPSA) is 61.8 Å². The number of thiocarbonyl (C=S) groups is 1. The van der Waals surface area contributed by atoms with E-state index in [4.69, 9.17) is 22.1 Å². The molecular formula is C12H20N2O3S. The number of carbonyl (C=O) groups excluding carboxylic acids is 1. The summed E-state index contributed by atoms with van der Waals surface area (Å²) in [6.45, 7) is 6.33. The molecule has 1 unspecified atom stereocenters. The highest BCUT2D eigenvalue weighted by molar-refractivity contribution is 7.80. The number of hydrogen-bond acceptors (Lipinski definition) is 4. The Balaban J connectivity index is 2.35. The van der Waals surface area contributed by atoms with E-state index >= 15 is 0 Å². The van der Waals surface area contributed by atoms with Crippen LogP contribution in [-0.4, -0.2) is 52.4 Å². The second-order valence-electron chi connectivity index (χ2n) is 5.08. The van der Waals surface area contributed by atoms with Gasteiger partial charge in [-0.1, -0.05) is 24.4 Å². The molecule has 0 aromatic carbocycles. The molecule has 1 amide bonds. The third kappa shape index (κ3) is 4.62. The summed E-state index contributed by atoms with van der Waals surface area (Å²) in [6.07, 6.45) is 3.36. The number of rotatable bonds is 3. The van der Waals surface area contributed by atoms with Crippen LogP contribution in [0.5, 0.6) is 0 Å². The number of amides is 1. The van der Waals surface area contributed by atoms with Gasteiger partial charge in [0.1, 0.15) is 5.60 Å². The van der Waals surface area contributed by atoms with Gasteiger partial charge in [-0.25, -0.2) is 4.79 Å². The van der Waals surface area contributed by atoms with Gasteiger partial charge >= 0.3 is 6.09 Å². The lowest BCUT2D eigenvalue weighted by molar-refractivity contribution is 0.0535. The Morgan fingerprint density at radius 1 is 1.61 bits per heavy atom. The van der Waals surface area contributed by atoms with Crippen LogP contribution in [-0.2, 0) is 4.74 Å². The summed E-state index contributed by atoms with van der Waals surface area (Å²) < 4.78 is 5.11. The Morgan fingerprint density at radius 2 is 2.28 bits per heavy atom. The number of nitrogens with one attached hydrogen (secondary N) is 1. The van der Waals surface area contributed by atoms with Crippen LogP contribution in [0.2, 0.25) is 0 Å². The Hall–Kier alpha value is -1.14. The summed E-state index contributed by atoms with van der Waals surface area (Å²) in [5.41, 5.74) is -0.519. The summed E-state index contributed by atoms with van der Waals surface area (Å²) in [6, 6.07) is -0.0852. The fourth-order valence-electron chi connectivity index (χ4n) is 1.58. The molecule has 1 aliphatic heterocycles. The standard InChI is InChI=1S/C12H20N2O3S/c1-12(2,3)17-11(16)13-7-10(18)14-6-4-5-9(14)8-15/h4-5,9,15H,6-8H2,1-3H3,(H,13,16).